The predicted octanol–water partition coefficient (Wildman–Crippen LogP) is 15.2. The SMILES string of the molecule is CCCCCC(CCCCC)CC(=O)OCCCCCCCCCCC(CCCCCCCCCCOC(=O)CC(CCCCC)CCCCC)C(=O)OCCCN1CCN(C)CC1. The number of esters is 3. The molecule has 1 heterocycles. The number of rotatable bonds is 47. The van der Waals surface area contributed by atoms with Crippen LogP contribution >= 0.6 is 0 Å². The molecule has 0 aliphatic carbocycles. The fourth-order valence-corrected chi connectivity index (χ4v) is 9.53. The van der Waals surface area contributed by atoms with Crippen LogP contribution in [0.2, 0.25) is 0 Å². The van der Waals surface area contributed by atoms with Crippen LogP contribution < -0.4 is 0 Å². The number of piperazine rings is 1. The Balaban J connectivity index is 2.27. The first-order valence-corrected chi connectivity index (χ1v) is 28.2. The van der Waals surface area contributed by atoms with Crippen molar-refractivity contribution < 1.29 is 28.6 Å². The zero-order valence-electron chi connectivity index (χ0n) is 43.4. The molecule has 0 saturated carbocycles. The van der Waals surface area contributed by atoms with Gasteiger partial charge in [-0.3, -0.25) is 14.4 Å². The average molecular weight is 905 g/mol. The van der Waals surface area contributed by atoms with E-state index in [1.807, 2.05) is 0 Å². The second kappa shape index (κ2) is 45.1. The Morgan fingerprint density at radius 3 is 1.09 bits per heavy atom. The molecule has 0 atom stereocenters. The summed E-state index contributed by atoms with van der Waals surface area (Å²) in [6.07, 6.45) is 42.1. The molecule has 1 aliphatic rings. The van der Waals surface area contributed by atoms with E-state index in [4.69, 9.17) is 14.2 Å². The van der Waals surface area contributed by atoms with Crippen molar-refractivity contribution >= 4 is 17.9 Å². The third-order valence-electron chi connectivity index (χ3n) is 14.0. The number of ether oxygens (including phenoxy) is 3. The van der Waals surface area contributed by atoms with Gasteiger partial charge in [-0.05, 0) is 76.7 Å². The van der Waals surface area contributed by atoms with Crippen molar-refractivity contribution in [1.29, 1.82) is 0 Å². The van der Waals surface area contributed by atoms with Gasteiger partial charge in [0.2, 0.25) is 0 Å². The van der Waals surface area contributed by atoms with Gasteiger partial charge in [-0.25, -0.2) is 0 Å². The zero-order valence-corrected chi connectivity index (χ0v) is 43.4. The molecular formula is C56H108N2O6. The second-order valence-electron chi connectivity index (χ2n) is 20.2. The highest BCUT2D eigenvalue weighted by Gasteiger charge is 2.21. The number of carbonyl (C=O) groups is 3. The quantitative estimate of drug-likeness (QED) is 0.0339. The molecule has 378 valence electrons. The van der Waals surface area contributed by atoms with Gasteiger partial charge in [-0.15, -0.1) is 0 Å². The van der Waals surface area contributed by atoms with Crippen LogP contribution in [0.5, 0.6) is 0 Å². The van der Waals surface area contributed by atoms with E-state index in [-0.39, 0.29) is 23.8 Å². The number of carbonyl (C=O) groups excluding carboxylic acids is 3. The third-order valence-corrected chi connectivity index (χ3v) is 14.0. The molecule has 0 spiro atoms. The van der Waals surface area contributed by atoms with Gasteiger partial charge in [0.15, 0.2) is 0 Å². The van der Waals surface area contributed by atoms with E-state index in [2.05, 4.69) is 44.5 Å². The van der Waals surface area contributed by atoms with Gasteiger partial charge in [0.25, 0.3) is 0 Å². The largest absolute Gasteiger partial charge is 0.466 e. The van der Waals surface area contributed by atoms with E-state index in [0.29, 0.717) is 44.5 Å². The molecule has 0 radical (unpaired) electrons. The van der Waals surface area contributed by atoms with Crippen LogP contribution in [0.25, 0.3) is 0 Å². The van der Waals surface area contributed by atoms with E-state index in [1.165, 1.54) is 167 Å². The molecule has 0 bridgehead atoms. The normalized spacial score (nSPS) is 13.7. The monoisotopic (exact) mass is 905 g/mol. The first-order chi connectivity index (χ1) is 31.3. The number of unbranched alkanes of at least 4 members (excludes halogenated alkanes) is 22. The van der Waals surface area contributed by atoms with E-state index in [1.54, 1.807) is 0 Å². The fraction of sp³-hybridized carbons (Fsp3) is 0.946. The first kappa shape index (κ1) is 60.3. The van der Waals surface area contributed by atoms with Gasteiger partial charge < -0.3 is 24.0 Å². The lowest BCUT2D eigenvalue weighted by molar-refractivity contribution is -0.149. The molecule has 8 heteroatoms. The third kappa shape index (κ3) is 37.4. The van der Waals surface area contributed by atoms with Crippen molar-refractivity contribution in [3.05, 3.63) is 0 Å². The van der Waals surface area contributed by atoms with Crippen molar-refractivity contribution in [2.45, 2.75) is 265 Å². The van der Waals surface area contributed by atoms with Crippen LogP contribution in [-0.4, -0.2) is 87.3 Å². The zero-order chi connectivity index (χ0) is 46.6. The molecular weight excluding hydrogens is 797 g/mol. The van der Waals surface area contributed by atoms with Crippen LogP contribution in [0, 0.1) is 17.8 Å². The number of hydrogen-bond donors (Lipinski definition) is 0. The van der Waals surface area contributed by atoms with Crippen molar-refractivity contribution in [2.75, 3.05) is 59.6 Å². The van der Waals surface area contributed by atoms with Gasteiger partial charge in [0.05, 0.1) is 25.7 Å². The van der Waals surface area contributed by atoms with Gasteiger partial charge >= 0.3 is 17.9 Å². The van der Waals surface area contributed by atoms with Gasteiger partial charge in [0, 0.05) is 45.6 Å². The summed E-state index contributed by atoms with van der Waals surface area (Å²) in [6.45, 7) is 16.1. The maximum absolute atomic E-state index is 13.3. The maximum atomic E-state index is 13.3. The Kier molecular flexibility index (Phi) is 42.6. The van der Waals surface area contributed by atoms with Crippen LogP contribution in [0.3, 0.4) is 0 Å². The summed E-state index contributed by atoms with van der Waals surface area (Å²) in [4.78, 5) is 43.3. The lowest BCUT2D eigenvalue weighted by Crippen LogP contribution is -2.44. The molecule has 1 aliphatic heterocycles. The molecule has 0 aromatic heterocycles. The summed E-state index contributed by atoms with van der Waals surface area (Å²) in [5, 5.41) is 0. The Morgan fingerprint density at radius 2 is 0.719 bits per heavy atom. The lowest BCUT2D eigenvalue weighted by Gasteiger charge is -2.32. The van der Waals surface area contributed by atoms with Gasteiger partial charge in [-0.1, -0.05) is 195 Å². The average Bonchev–Trinajstić information content (AvgIpc) is 3.28. The minimum absolute atomic E-state index is 0.0130. The molecule has 1 rings (SSSR count). The van der Waals surface area contributed by atoms with E-state index in [0.717, 1.165) is 90.5 Å². The van der Waals surface area contributed by atoms with Gasteiger partial charge in [0.1, 0.15) is 0 Å². The number of hydrogen-bond acceptors (Lipinski definition) is 8. The predicted molar refractivity (Wildman–Crippen MR) is 271 cm³/mol. The van der Waals surface area contributed by atoms with Crippen LogP contribution in [0.4, 0.5) is 0 Å². The Morgan fingerprint density at radius 1 is 0.391 bits per heavy atom. The Bertz CT molecular complexity index is 968. The summed E-state index contributed by atoms with van der Waals surface area (Å²) in [7, 11) is 2.19. The Hall–Kier alpha value is -1.67. The molecule has 1 fully saturated rings. The summed E-state index contributed by atoms with van der Waals surface area (Å²) in [5.74, 6) is 1.08. The minimum atomic E-state index is 0.0130. The van der Waals surface area contributed by atoms with Crippen LogP contribution in [0.1, 0.15) is 265 Å². The smallest absolute Gasteiger partial charge is 0.308 e. The highest BCUT2D eigenvalue weighted by atomic mass is 16.5. The minimum Gasteiger partial charge on any atom is -0.466 e. The van der Waals surface area contributed by atoms with Crippen LogP contribution in [-0.2, 0) is 28.6 Å². The lowest BCUT2D eigenvalue weighted by atomic mass is 9.92. The number of nitrogens with zero attached hydrogens (tertiary/aromatic N) is 2. The summed E-state index contributed by atoms with van der Waals surface area (Å²) in [5.41, 5.74) is 0. The van der Waals surface area contributed by atoms with Gasteiger partial charge in [-0.2, -0.15) is 0 Å². The van der Waals surface area contributed by atoms with E-state index in [9.17, 15) is 14.4 Å². The topological polar surface area (TPSA) is 85.4 Å². The molecule has 0 aromatic carbocycles. The second-order valence-corrected chi connectivity index (χ2v) is 20.2. The molecule has 0 aromatic rings. The fourth-order valence-electron chi connectivity index (χ4n) is 9.53. The standard InChI is InChI=1S/C56H108N2O6/c1-6-10-26-35-51(36-27-11-7-2)49-54(59)62-46-32-24-20-16-14-18-22-30-39-53(56(61)64-48-34-41-58-44-42-57(5)43-45-58)40-31-23-19-15-17-21-25-33-47-63-55(60)50-52(37-28-12-8-3)38-29-13-9-4/h51-53H,6-50H2,1-5H3. The molecule has 0 N–H and O–H groups in total. The summed E-state index contributed by atoms with van der Waals surface area (Å²) < 4.78 is 17.2. The molecule has 0 unspecified atom stereocenters. The molecule has 8 nitrogen and oxygen atoms in total. The van der Waals surface area contributed by atoms with Crippen molar-refractivity contribution in [3.63, 3.8) is 0 Å². The summed E-state index contributed by atoms with van der Waals surface area (Å²) >= 11 is 0. The molecule has 0 amide bonds. The molecule has 1 saturated heterocycles. The maximum Gasteiger partial charge on any atom is 0.308 e. The Labute approximate surface area is 397 Å². The van der Waals surface area contributed by atoms with Crippen molar-refractivity contribution in [3.8, 4) is 0 Å². The van der Waals surface area contributed by atoms with E-state index >= 15 is 0 Å². The highest BCUT2D eigenvalue weighted by molar-refractivity contribution is 5.72. The first-order valence-electron chi connectivity index (χ1n) is 28.2. The van der Waals surface area contributed by atoms with Crippen molar-refractivity contribution in [1.82, 2.24) is 9.80 Å². The summed E-state index contributed by atoms with van der Waals surface area (Å²) in [6, 6.07) is 0. The number of likely N-dealkylation sites (N-methyl/N-ethyl adjacent to an activating group) is 1. The van der Waals surface area contributed by atoms with E-state index < -0.39 is 0 Å². The molecule has 64 heavy (non-hydrogen) atoms. The highest BCUT2D eigenvalue weighted by Crippen LogP contribution is 2.24. The van der Waals surface area contributed by atoms with Crippen LogP contribution in [0.15, 0.2) is 0 Å². The van der Waals surface area contributed by atoms with Crippen molar-refractivity contribution in [2.24, 2.45) is 17.8 Å².